The van der Waals surface area contributed by atoms with E-state index in [-0.39, 0.29) is 18.0 Å². The number of hydrogen-bond donors (Lipinski definition) is 1. The van der Waals surface area contributed by atoms with Crippen LogP contribution >= 0.6 is 0 Å². The van der Waals surface area contributed by atoms with E-state index in [2.05, 4.69) is 12.2 Å². The molecule has 0 bridgehead atoms. The Labute approximate surface area is 126 Å². The Balaban J connectivity index is 1.95. The summed E-state index contributed by atoms with van der Waals surface area (Å²) in [4.78, 5) is 14.4. The molecule has 0 aromatic carbocycles. The van der Waals surface area contributed by atoms with E-state index >= 15 is 0 Å². The highest BCUT2D eigenvalue weighted by Gasteiger charge is 2.26. The van der Waals surface area contributed by atoms with Crippen LogP contribution in [0.1, 0.15) is 44.8 Å². The number of aryl methyl sites for hydroxylation is 1. The standard InChI is InChI=1S/C16H26N2O3/c1-4-13-6-7-15(21-13)12(3)17-14(5-2)16(19)18-8-10-20-11-9-18/h6-7,12,14,17H,4-5,8-11H2,1-3H3. The SMILES string of the molecule is CCc1ccc(C(C)NC(CC)C(=O)N2CCOCC2)o1. The molecule has 1 aliphatic heterocycles. The normalized spacial score (nSPS) is 18.5. The van der Waals surface area contributed by atoms with E-state index in [1.807, 2.05) is 30.9 Å². The van der Waals surface area contributed by atoms with Gasteiger partial charge in [-0.15, -0.1) is 0 Å². The minimum atomic E-state index is -0.173. The summed E-state index contributed by atoms with van der Waals surface area (Å²) in [6.07, 6.45) is 1.65. The molecule has 0 spiro atoms. The first-order chi connectivity index (χ1) is 10.2. The van der Waals surface area contributed by atoms with E-state index in [1.165, 1.54) is 0 Å². The lowest BCUT2D eigenvalue weighted by molar-refractivity contribution is -0.137. The molecule has 1 fully saturated rings. The van der Waals surface area contributed by atoms with Gasteiger partial charge in [0.25, 0.3) is 0 Å². The van der Waals surface area contributed by atoms with Gasteiger partial charge < -0.3 is 14.1 Å². The zero-order chi connectivity index (χ0) is 15.2. The second kappa shape index (κ2) is 7.61. The third-order valence-corrected chi connectivity index (χ3v) is 3.94. The van der Waals surface area contributed by atoms with Crippen LogP contribution in [0.5, 0.6) is 0 Å². The van der Waals surface area contributed by atoms with Crippen molar-refractivity contribution in [3.05, 3.63) is 23.7 Å². The van der Waals surface area contributed by atoms with Crippen LogP contribution < -0.4 is 5.32 Å². The summed E-state index contributed by atoms with van der Waals surface area (Å²) in [5.41, 5.74) is 0. The number of nitrogens with zero attached hydrogens (tertiary/aromatic N) is 1. The minimum Gasteiger partial charge on any atom is -0.464 e. The van der Waals surface area contributed by atoms with Gasteiger partial charge in [-0.2, -0.15) is 0 Å². The van der Waals surface area contributed by atoms with Crippen LogP contribution in [0.4, 0.5) is 0 Å². The van der Waals surface area contributed by atoms with Crippen LogP contribution in [-0.4, -0.2) is 43.2 Å². The van der Waals surface area contributed by atoms with E-state index < -0.39 is 0 Å². The largest absolute Gasteiger partial charge is 0.464 e. The highest BCUT2D eigenvalue weighted by molar-refractivity contribution is 5.82. The van der Waals surface area contributed by atoms with Crippen molar-refractivity contribution in [1.29, 1.82) is 0 Å². The maximum Gasteiger partial charge on any atom is 0.239 e. The molecule has 5 heteroatoms. The summed E-state index contributed by atoms with van der Waals surface area (Å²) in [5.74, 6) is 2.03. The summed E-state index contributed by atoms with van der Waals surface area (Å²) >= 11 is 0. The highest BCUT2D eigenvalue weighted by Crippen LogP contribution is 2.18. The van der Waals surface area contributed by atoms with Crippen LogP contribution in [0.3, 0.4) is 0 Å². The number of hydrogen-bond acceptors (Lipinski definition) is 4. The molecule has 21 heavy (non-hydrogen) atoms. The number of amides is 1. The first-order valence-corrected chi connectivity index (χ1v) is 7.86. The smallest absolute Gasteiger partial charge is 0.239 e. The van der Waals surface area contributed by atoms with Crippen molar-refractivity contribution in [1.82, 2.24) is 10.2 Å². The number of carbonyl (C=O) groups is 1. The molecule has 1 amide bonds. The van der Waals surface area contributed by atoms with Crippen molar-refractivity contribution in [2.45, 2.75) is 45.7 Å². The maximum absolute atomic E-state index is 12.5. The number of rotatable bonds is 6. The molecule has 1 aromatic rings. The van der Waals surface area contributed by atoms with Gasteiger partial charge in [0.1, 0.15) is 11.5 Å². The van der Waals surface area contributed by atoms with E-state index in [4.69, 9.17) is 9.15 Å². The van der Waals surface area contributed by atoms with Crippen molar-refractivity contribution in [2.75, 3.05) is 26.3 Å². The quantitative estimate of drug-likeness (QED) is 0.873. The van der Waals surface area contributed by atoms with E-state index in [0.717, 1.165) is 24.4 Å². The lowest BCUT2D eigenvalue weighted by atomic mass is 10.1. The summed E-state index contributed by atoms with van der Waals surface area (Å²) < 4.78 is 11.1. The molecular weight excluding hydrogens is 268 g/mol. The molecule has 2 atom stereocenters. The summed E-state index contributed by atoms with van der Waals surface area (Å²) in [6.45, 7) is 8.77. The minimum absolute atomic E-state index is 0.0280. The number of ether oxygens (including phenoxy) is 1. The number of morpholine rings is 1. The first-order valence-electron chi connectivity index (χ1n) is 7.86. The lowest BCUT2D eigenvalue weighted by Crippen LogP contribution is -2.50. The van der Waals surface area contributed by atoms with Crippen LogP contribution in [-0.2, 0) is 16.0 Å². The molecule has 1 aromatic heterocycles. The summed E-state index contributed by atoms with van der Waals surface area (Å²) in [7, 11) is 0. The molecule has 118 valence electrons. The fraction of sp³-hybridized carbons (Fsp3) is 0.688. The molecular formula is C16H26N2O3. The van der Waals surface area contributed by atoms with Crippen molar-refractivity contribution >= 4 is 5.91 Å². The highest BCUT2D eigenvalue weighted by atomic mass is 16.5. The Bertz CT molecular complexity index is 452. The van der Waals surface area contributed by atoms with Crippen molar-refractivity contribution in [3.63, 3.8) is 0 Å². The maximum atomic E-state index is 12.5. The van der Waals surface area contributed by atoms with Gasteiger partial charge in [0.05, 0.1) is 25.3 Å². The first kappa shape index (κ1) is 16.0. The van der Waals surface area contributed by atoms with Crippen LogP contribution in [0.25, 0.3) is 0 Å². The van der Waals surface area contributed by atoms with Crippen LogP contribution in [0, 0.1) is 0 Å². The molecule has 1 N–H and O–H groups in total. The predicted octanol–water partition coefficient (Wildman–Crippen LogP) is 2.13. The van der Waals surface area contributed by atoms with E-state index in [0.29, 0.717) is 26.3 Å². The average molecular weight is 294 g/mol. The van der Waals surface area contributed by atoms with Gasteiger partial charge in [0.2, 0.25) is 5.91 Å². The molecule has 2 unspecified atom stereocenters. The average Bonchev–Trinajstić information content (AvgIpc) is 3.01. The third kappa shape index (κ3) is 4.08. The van der Waals surface area contributed by atoms with Gasteiger partial charge in [0, 0.05) is 19.5 Å². The molecule has 2 heterocycles. The second-order valence-electron chi connectivity index (χ2n) is 5.44. The Hall–Kier alpha value is -1.33. The van der Waals surface area contributed by atoms with Crippen LogP contribution in [0.15, 0.2) is 16.5 Å². The Morgan fingerprint density at radius 2 is 2.05 bits per heavy atom. The third-order valence-electron chi connectivity index (χ3n) is 3.94. The molecule has 5 nitrogen and oxygen atoms in total. The fourth-order valence-electron chi connectivity index (χ4n) is 2.57. The van der Waals surface area contributed by atoms with Gasteiger partial charge in [-0.05, 0) is 25.5 Å². The Morgan fingerprint density at radius 1 is 1.33 bits per heavy atom. The fourth-order valence-corrected chi connectivity index (χ4v) is 2.57. The second-order valence-corrected chi connectivity index (χ2v) is 5.44. The van der Waals surface area contributed by atoms with E-state index in [9.17, 15) is 4.79 Å². The molecule has 0 aliphatic carbocycles. The Morgan fingerprint density at radius 3 is 2.62 bits per heavy atom. The molecule has 1 saturated heterocycles. The van der Waals surface area contributed by atoms with E-state index in [1.54, 1.807) is 0 Å². The van der Waals surface area contributed by atoms with Crippen molar-refractivity contribution in [3.8, 4) is 0 Å². The predicted molar refractivity (Wildman–Crippen MR) is 81.1 cm³/mol. The number of furan rings is 1. The van der Waals surface area contributed by atoms with Crippen LogP contribution in [0.2, 0.25) is 0 Å². The monoisotopic (exact) mass is 294 g/mol. The molecule has 0 radical (unpaired) electrons. The van der Waals surface area contributed by atoms with Crippen molar-refractivity contribution < 1.29 is 13.9 Å². The summed E-state index contributed by atoms with van der Waals surface area (Å²) in [6, 6.07) is 3.84. The number of carbonyl (C=O) groups excluding carboxylic acids is 1. The van der Waals surface area contributed by atoms with Gasteiger partial charge in [-0.25, -0.2) is 0 Å². The zero-order valence-electron chi connectivity index (χ0n) is 13.2. The molecule has 0 saturated carbocycles. The Kier molecular flexibility index (Phi) is 5.82. The summed E-state index contributed by atoms with van der Waals surface area (Å²) in [5, 5.41) is 3.39. The molecule has 2 rings (SSSR count). The van der Waals surface area contributed by atoms with Gasteiger partial charge >= 0.3 is 0 Å². The lowest BCUT2D eigenvalue weighted by Gasteiger charge is -2.31. The van der Waals surface area contributed by atoms with Gasteiger partial charge in [0.15, 0.2) is 0 Å². The molecule has 1 aliphatic rings. The van der Waals surface area contributed by atoms with Gasteiger partial charge in [-0.3, -0.25) is 10.1 Å². The zero-order valence-corrected chi connectivity index (χ0v) is 13.2. The van der Waals surface area contributed by atoms with Crippen molar-refractivity contribution in [2.24, 2.45) is 0 Å². The topological polar surface area (TPSA) is 54.7 Å². The number of nitrogens with one attached hydrogen (secondary N) is 1. The van der Waals surface area contributed by atoms with Gasteiger partial charge in [-0.1, -0.05) is 13.8 Å².